The van der Waals surface area contributed by atoms with Crippen molar-refractivity contribution in [2.75, 3.05) is 20.6 Å². The molecular weight excluding hydrogens is 280 g/mol. The Hall–Kier alpha value is -0.570. The molecule has 3 heteroatoms. The molecule has 1 aliphatic carbocycles. The zero-order chi connectivity index (χ0) is 15.2. The summed E-state index contributed by atoms with van der Waals surface area (Å²) in [6.07, 6.45) is 6.80. The summed E-state index contributed by atoms with van der Waals surface area (Å²) in [5, 5.41) is 4.37. The van der Waals surface area contributed by atoms with Crippen molar-refractivity contribution in [2.24, 2.45) is 5.92 Å². The fourth-order valence-electron chi connectivity index (χ4n) is 3.53. The van der Waals surface area contributed by atoms with Crippen molar-refractivity contribution in [3.05, 3.63) is 34.9 Å². The van der Waals surface area contributed by atoms with Gasteiger partial charge in [0.2, 0.25) is 0 Å². The smallest absolute Gasteiger partial charge is 0.0409 e. The van der Waals surface area contributed by atoms with Gasteiger partial charge in [-0.15, -0.1) is 0 Å². The maximum atomic E-state index is 6.12. The van der Waals surface area contributed by atoms with Crippen LogP contribution in [0.5, 0.6) is 0 Å². The van der Waals surface area contributed by atoms with E-state index in [-0.39, 0.29) is 0 Å². The van der Waals surface area contributed by atoms with Crippen molar-refractivity contribution in [3.8, 4) is 0 Å². The topological polar surface area (TPSA) is 15.3 Å². The van der Waals surface area contributed by atoms with E-state index in [2.05, 4.69) is 43.4 Å². The first-order chi connectivity index (χ1) is 10.1. The molecule has 0 amide bonds. The van der Waals surface area contributed by atoms with Gasteiger partial charge in [0, 0.05) is 23.7 Å². The van der Waals surface area contributed by atoms with Crippen molar-refractivity contribution in [3.63, 3.8) is 0 Å². The van der Waals surface area contributed by atoms with Crippen LogP contribution in [-0.2, 0) is 0 Å². The van der Waals surface area contributed by atoms with Gasteiger partial charge < -0.3 is 5.32 Å². The molecule has 21 heavy (non-hydrogen) atoms. The van der Waals surface area contributed by atoms with Gasteiger partial charge in [0.1, 0.15) is 0 Å². The Labute approximate surface area is 134 Å². The molecule has 0 aliphatic heterocycles. The van der Waals surface area contributed by atoms with Gasteiger partial charge in [-0.25, -0.2) is 0 Å². The summed E-state index contributed by atoms with van der Waals surface area (Å²) in [6.45, 7) is 3.43. The van der Waals surface area contributed by atoms with Gasteiger partial charge in [-0.2, -0.15) is 0 Å². The maximum Gasteiger partial charge on any atom is 0.0409 e. The molecule has 0 aromatic heterocycles. The molecule has 0 bridgehead atoms. The van der Waals surface area contributed by atoms with Crippen molar-refractivity contribution in [2.45, 2.75) is 51.1 Å². The zero-order valence-corrected chi connectivity index (χ0v) is 14.4. The second-order valence-corrected chi connectivity index (χ2v) is 6.90. The van der Waals surface area contributed by atoms with Crippen molar-refractivity contribution < 1.29 is 0 Å². The van der Waals surface area contributed by atoms with Gasteiger partial charge in [0.15, 0.2) is 0 Å². The molecule has 0 saturated heterocycles. The number of hydrogen-bond donors (Lipinski definition) is 1. The predicted octanol–water partition coefficient (Wildman–Crippen LogP) is 4.50. The summed E-state index contributed by atoms with van der Waals surface area (Å²) < 4.78 is 0. The quantitative estimate of drug-likeness (QED) is 0.806. The molecule has 1 fully saturated rings. The van der Waals surface area contributed by atoms with Crippen molar-refractivity contribution in [1.82, 2.24) is 10.2 Å². The van der Waals surface area contributed by atoms with Gasteiger partial charge in [0.05, 0.1) is 0 Å². The van der Waals surface area contributed by atoms with Crippen LogP contribution in [0.25, 0.3) is 0 Å². The molecule has 1 saturated carbocycles. The van der Waals surface area contributed by atoms with Gasteiger partial charge >= 0.3 is 0 Å². The standard InChI is InChI=1S/C18H29ClN2/c1-14(15-9-7-10-17(19)12-15)21(3)13-16-8-5-4-6-11-18(16)20-2/h7,9-10,12,14,16,18,20H,4-6,8,11,13H2,1-3H3. The highest BCUT2D eigenvalue weighted by Crippen LogP contribution is 2.27. The van der Waals surface area contributed by atoms with E-state index in [0.29, 0.717) is 12.1 Å². The molecule has 1 aliphatic rings. The third kappa shape index (κ3) is 4.70. The first kappa shape index (κ1) is 16.8. The molecular formula is C18H29ClN2. The number of halogens is 1. The van der Waals surface area contributed by atoms with Crippen LogP contribution < -0.4 is 5.32 Å². The summed E-state index contributed by atoms with van der Waals surface area (Å²) in [4.78, 5) is 2.48. The van der Waals surface area contributed by atoms with E-state index in [0.717, 1.165) is 17.5 Å². The molecule has 3 unspecified atom stereocenters. The van der Waals surface area contributed by atoms with Crippen LogP contribution in [0, 0.1) is 5.92 Å². The minimum atomic E-state index is 0.407. The summed E-state index contributed by atoms with van der Waals surface area (Å²) in [6, 6.07) is 9.33. The first-order valence-electron chi connectivity index (χ1n) is 8.24. The Kier molecular flexibility index (Phi) is 6.53. The number of nitrogens with zero attached hydrogens (tertiary/aromatic N) is 1. The van der Waals surface area contributed by atoms with Crippen molar-refractivity contribution in [1.29, 1.82) is 0 Å². The maximum absolute atomic E-state index is 6.12. The van der Waals surface area contributed by atoms with E-state index in [1.54, 1.807) is 0 Å². The molecule has 2 nitrogen and oxygen atoms in total. The van der Waals surface area contributed by atoms with E-state index in [9.17, 15) is 0 Å². The number of hydrogen-bond acceptors (Lipinski definition) is 2. The lowest BCUT2D eigenvalue weighted by Gasteiger charge is -2.33. The molecule has 0 heterocycles. The average Bonchev–Trinajstić information content (AvgIpc) is 2.71. The molecule has 1 N–H and O–H groups in total. The van der Waals surface area contributed by atoms with Crippen LogP contribution in [0.1, 0.15) is 50.6 Å². The van der Waals surface area contributed by atoms with Crippen molar-refractivity contribution >= 4 is 11.6 Å². The lowest BCUT2D eigenvalue weighted by molar-refractivity contribution is 0.188. The van der Waals surface area contributed by atoms with E-state index < -0.39 is 0 Å². The van der Waals surface area contributed by atoms with Gasteiger partial charge in [-0.1, -0.05) is 43.0 Å². The van der Waals surface area contributed by atoms with Crippen LogP contribution >= 0.6 is 11.6 Å². The molecule has 0 radical (unpaired) electrons. The van der Waals surface area contributed by atoms with E-state index >= 15 is 0 Å². The molecule has 3 atom stereocenters. The van der Waals surface area contributed by atoms with Gasteiger partial charge in [-0.05, 0) is 57.5 Å². The molecule has 1 aromatic carbocycles. The Bertz CT molecular complexity index is 435. The molecule has 0 spiro atoms. The third-order valence-corrected chi connectivity index (χ3v) is 5.28. The second-order valence-electron chi connectivity index (χ2n) is 6.46. The van der Waals surface area contributed by atoms with Crippen LogP contribution in [-0.4, -0.2) is 31.6 Å². The SMILES string of the molecule is CNC1CCCCCC1CN(C)C(C)c1cccc(Cl)c1. The van der Waals surface area contributed by atoms with E-state index in [1.165, 1.54) is 37.7 Å². The van der Waals surface area contributed by atoms with E-state index in [1.807, 2.05) is 12.1 Å². The van der Waals surface area contributed by atoms with Crippen LogP contribution in [0.4, 0.5) is 0 Å². The van der Waals surface area contributed by atoms with Crippen LogP contribution in [0.3, 0.4) is 0 Å². The highest BCUT2D eigenvalue weighted by molar-refractivity contribution is 6.30. The Morgan fingerprint density at radius 2 is 2.05 bits per heavy atom. The van der Waals surface area contributed by atoms with E-state index in [4.69, 9.17) is 11.6 Å². The van der Waals surface area contributed by atoms with Crippen LogP contribution in [0.15, 0.2) is 24.3 Å². The zero-order valence-electron chi connectivity index (χ0n) is 13.6. The highest BCUT2D eigenvalue weighted by atomic mass is 35.5. The number of nitrogens with one attached hydrogen (secondary N) is 1. The fraction of sp³-hybridized carbons (Fsp3) is 0.667. The minimum absolute atomic E-state index is 0.407. The molecule has 2 rings (SSSR count). The summed E-state index contributed by atoms with van der Waals surface area (Å²) in [5.41, 5.74) is 1.31. The Balaban J connectivity index is 2.00. The molecule has 1 aromatic rings. The van der Waals surface area contributed by atoms with Gasteiger partial charge in [0.25, 0.3) is 0 Å². The molecule has 118 valence electrons. The normalized spacial score (nSPS) is 24.8. The largest absolute Gasteiger partial charge is 0.317 e. The number of benzene rings is 1. The Morgan fingerprint density at radius 1 is 1.29 bits per heavy atom. The minimum Gasteiger partial charge on any atom is -0.317 e. The average molecular weight is 309 g/mol. The lowest BCUT2D eigenvalue weighted by Crippen LogP contribution is -2.40. The summed E-state index contributed by atoms with van der Waals surface area (Å²) in [5.74, 6) is 0.754. The monoisotopic (exact) mass is 308 g/mol. The number of rotatable bonds is 5. The predicted molar refractivity (Wildman–Crippen MR) is 91.9 cm³/mol. The summed E-state index contributed by atoms with van der Waals surface area (Å²) in [7, 11) is 4.35. The second kappa shape index (κ2) is 8.17. The van der Waals surface area contributed by atoms with Crippen LogP contribution in [0.2, 0.25) is 5.02 Å². The lowest BCUT2D eigenvalue weighted by atomic mass is 9.93. The Morgan fingerprint density at radius 3 is 2.76 bits per heavy atom. The first-order valence-corrected chi connectivity index (χ1v) is 8.62. The highest BCUT2D eigenvalue weighted by Gasteiger charge is 2.25. The fourth-order valence-corrected chi connectivity index (χ4v) is 3.73. The van der Waals surface area contributed by atoms with Gasteiger partial charge in [-0.3, -0.25) is 4.90 Å². The summed E-state index contributed by atoms with van der Waals surface area (Å²) >= 11 is 6.12. The third-order valence-electron chi connectivity index (χ3n) is 5.04.